The topological polar surface area (TPSA) is 23.5 Å². The van der Waals surface area contributed by atoms with E-state index in [0.29, 0.717) is 0 Å². The van der Waals surface area contributed by atoms with Crippen LogP contribution in [0.4, 0.5) is 0 Å². The van der Waals surface area contributed by atoms with Crippen molar-refractivity contribution >= 4 is 11.3 Å². The van der Waals surface area contributed by atoms with Crippen molar-refractivity contribution in [2.75, 3.05) is 19.6 Å². The minimum absolute atomic E-state index is 0.292. The second kappa shape index (κ2) is 4.43. The third-order valence-electron chi connectivity index (χ3n) is 2.89. The van der Waals surface area contributed by atoms with Crippen molar-refractivity contribution < 1.29 is 5.11 Å². The van der Waals surface area contributed by atoms with Gasteiger partial charge in [0.1, 0.15) is 0 Å². The van der Waals surface area contributed by atoms with Gasteiger partial charge in [-0.2, -0.15) is 0 Å². The second-order valence-electron chi connectivity index (χ2n) is 3.96. The fourth-order valence-electron chi connectivity index (χ4n) is 2.05. The number of β-amino-alcohol motifs (C(OH)–C–C–N with tert-alkyl or cyclic N) is 1. The Hall–Kier alpha value is -0.380. The van der Waals surface area contributed by atoms with Gasteiger partial charge in [0.2, 0.25) is 0 Å². The molecule has 1 atom stereocenters. The minimum Gasteiger partial charge on any atom is -0.387 e. The molecule has 0 bridgehead atoms. The van der Waals surface area contributed by atoms with Gasteiger partial charge in [0.25, 0.3) is 0 Å². The number of aliphatic hydroxyl groups excluding tert-OH is 1. The summed E-state index contributed by atoms with van der Waals surface area (Å²) < 4.78 is 0. The molecule has 78 valence electrons. The van der Waals surface area contributed by atoms with E-state index >= 15 is 0 Å². The summed E-state index contributed by atoms with van der Waals surface area (Å²) in [4.78, 5) is 3.60. The van der Waals surface area contributed by atoms with Gasteiger partial charge < -0.3 is 10.0 Å². The highest BCUT2D eigenvalue weighted by Gasteiger charge is 2.18. The van der Waals surface area contributed by atoms with E-state index in [1.165, 1.54) is 17.7 Å². The summed E-state index contributed by atoms with van der Waals surface area (Å²) in [7, 11) is 0. The van der Waals surface area contributed by atoms with Crippen LogP contribution >= 0.6 is 11.3 Å². The lowest BCUT2D eigenvalue weighted by Crippen LogP contribution is -2.25. The highest BCUT2D eigenvalue weighted by Crippen LogP contribution is 2.24. The first-order valence-electron chi connectivity index (χ1n) is 5.22. The van der Waals surface area contributed by atoms with Gasteiger partial charge in [-0.1, -0.05) is 0 Å². The van der Waals surface area contributed by atoms with Crippen LogP contribution in [0.5, 0.6) is 0 Å². The Morgan fingerprint density at radius 3 is 2.79 bits per heavy atom. The van der Waals surface area contributed by atoms with E-state index in [0.717, 1.165) is 25.2 Å². The minimum atomic E-state index is -0.292. The number of likely N-dealkylation sites (tertiary alicyclic amines) is 1. The van der Waals surface area contributed by atoms with Gasteiger partial charge in [-0.3, -0.25) is 0 Å². The van der Waals surface area contributed by atoms with Gasteiger partial charge in [-0.15, -0.1) is 11.3 Å². The summed E-state index contributed by atoms with van der Waals surface area (Å²) in [5, 5.41) is 12.1. The maximum Gasteiger partial charge on any atom is 0.0927 e. The van der Waals surface area contributed by atoms with Crippen molar-refractivity contribution in [3.8, 4) is 0 Å². The van der Waals surface area contributed by atoms with Crippen molar-refractivity contribution in [2.24, 2.45) is 0 Å². The van der Waals surface area contributed by atoms with Crippen LogP contribution in [0.3, 0.4) is 0 Å². The molecule has 1 unspecified atom stereocenters. The average Bonchev–Trinajstić information content (AvgIpc) is 2.75. The maximum absolute atomic E-state index is 10.0. The highest BCUT2D eigenvalue weighted by molar-refractivity contribution is 7.10. The molecule has 0 spiro atoms. The largest absolute Gasteiger partial charge is 0.387 e. The standard InChI is InChI=1S/C11H17NOS/c1-9-10(4-7-14-9)11(13)8-12-5-2-3-6-12/h4,7,11,13H,2-3,5-6,8H2,1H3. The smallest absolute Gasteiger partial charge is 0.0927 e. The molecule has 14 heavy (non-hydrogen) atoms. The zero-order valence-corrected chi connectivity index (χ0v) is 9.39. The van der Waals surface area contributed by atoms with Crippen LogP contribution in [-0.4, -0.2) is 29.6 Å². The van der Waals surface area contributed by atoms with Crippen LogP contribution in [0, 0.1) is 6.92 Å². The zero-order chi connectivity index (χ0) is 9.97. The lowest BCUT2D eigenvalue weighted by Gasteiger charge is -2.19. The lowest BCUT2D eigenvalue weighted by atomic mass is 10.1. The normalized spacial score (nSPS) is 20.1. The molecule has 2 nitrogen and oxygen atoms in total. The Labute approximate surface area is 89.2 Å². The van der Waals surface area contributed by atoms with Crippen LogP contribution in [0.2, 0.25) is 0 Å². The molecular formula is C11H17NOS. The van der Waals surface area contributed by atoms with Crippen LogP contribution in [-0.2, 0) is 0 Å². The Bertz CT molecular complexity index is 291. The third kappa shape index (κ3) is 2.16. The average molecular weight is 211 g/mol. The van der Waals surface area contributed by atoms with Gasteiger partial charge in [0.15, 0.2) is 0 Å². The molecule has 3 heteroatoms. The molecule has 2 heterocycles. The van der Waals surface area contributed by atoms with E-state index in [1.54, 1.807) is 11.3 Å². The fourth-order valence-corrected chi connectivity index (χ4v) is 2.81. The molecule has 1 aliphatic rings. The monoisotopic (exact) mass is 211 g/mol. The molecule has 0 saturated carbocycles. The van der Waals surface area contributed by atoms with Crippen LogP contribution < -0.4 is 0 Å². The number of hydrogen-bond donors (Lipinski definition) is 1. The Morgan fingerprint density at radius 1 is 1.50 bits per heavy atom. The molecular weight excluding hydrogens is 194 g/mol. The number of thiophene rings is 1. The first-order chi connectivity index (χ1) is 6.77. The summed E-state index contributed by atoms with van der Waals surface area (Å²) in [6.45, 7) is 5.19. The van der Waals surface area contributed by atoms with Gasteiger partial charge >= 0.3 is 0 Å². The Kier molecular flexibility index (Phi) is 3.21. The molecule has 0 amide bonds. The molecule has 1 aromatic rings. The number of aryl methyl sites for hydroxylation is 1. The molecule has 0 radical (unpaired) electrons. The zero-order valence-electron chi connectivity index (χ0n) is 8.57. The van der Waals surface area contributed by atoms with Crippen LogP contribution in [0.15, 0.2) is 11.4 Å². The van der Waals surface area contributed by atoms with Gasteiger partial charge in [-0.25, -0.2) is 0 Å². The first-order valence-corrected chi connectivity index (χ1v) is 6.10. The van der Waals surface area contributed by atoms with E-state index in [9.17, 15) is 5.11 Å². The number of hydrogen-bond acceptors (Lipinski definition) is 3. The van der Waals surface area contributed by atoms with E-state index in [-0.39, 0.29) is 6.10 Å². The first kappa shape index (κ1) is 10.1. The van der Waals surface area contributed by atoms with Crippen molar-refractivity contribution in [3.05, 3.63) is 21.9 Å². The Morgan fingerprint density at radius 2 is 2.21 bits per heavy atom. The van der Waals surface area contributed by atoms with Crippen LogP contribution in [0.25, 0.3) is 0 Å². The molecule has 0 aromatic carbocycles. The molecule has 0 aliphatic carbocycles. The van der Waals surface area contributed by atoms with Crippen molar-refractivity contribution in [3.63, 3.8) is 0 Å². The Balaban J connectivity index is 1.95. The molecule has 1 saturated heterocycles. The predicted molar refractivity (Wildman–Crippen MR) is 59.7 cm³/mol. The third-order valence-corrected chi connectivity index (χ3v) is 3.75. The summed E-state index contributed by atoms with van der Waals surface area (Å²) in [5.41, 5.74) is 1.11. The van der Waals surface area contributed by atoms with Crippen LogP contribution in [0.1, 0.15) is 29.4 Å². The molecule has 2 rings (SSSR count). The van der Waals surface area contributed by atoms with E-state index in [4.69, 9.17) is 0 Å². The highest BCUT2D eigenvalue weighted by atomic mass is 32.1. The van der Waals surface area contributed by atoms with Crippen molar-refractivity contribution in [2.45, 2.75) is 25.9 Å². The van der Waals surface area contributed by atoms with Gasteiger partial charge in [0, 0.05) is 11.4 Å². The molecule has 1 aliphatic heterocycles. The molecule has 1 fully saturated rings. The fraction of sp³-hybridized carbons (Fsp3) is 0.636. The molecule has 1 N–H and O–H groups in total. The quantitative estimate of drug-likeness (QED) is 0.828. The predicted octanol–water partition coefficient (Wildman–Crippen LogP) is 2.19. The number of nitrogens with zero attached hydrogens (tertiary/aromatic N) is 1. The van der Waals surface area contributed by atoms with Gasteiger partial charge in [0.05, 0.1) is 6.10 Å². The second-order valence-corrected chi connectivity index (χ2v) is 5.08. The SMILES string of the molecule is Cc1sccc1C(O)CN1CCCC1. The lowest BCUT2D eigenvalue weighted by molar-refractivity contribution is 0.126. The molecule has 1 aromatic heterocycles. The van der Waals surface area contributed by atoms with Crippen molar-refractivity contribution in [1.29, 1.82) is 0 Å². The van der Waals surface area contributed by atoms with Crippen molar-refractivity contribution in [1.82, 2.24) is 4.90 Å². The number of rotatable bonds is 3. The van der Waals surface area contributed by atoms with E-state index in [2.05, 4.69) is 17.2 Å². The van der Waals surface area contributed by atoms with Gasteiger partial charge in [-0.05, 0) is 49.9 Å². The van der Waals surface area contributed by atoms with E-state index < -0.39 is 0 Å². The summed E-state index contributed by atoms with van der Waals surface area (Å²) in [6, 6.07) is 2.04. The summed E-state index contributed by atoms with van der Waals surface area (Å²) in [6.07, 6.45) is 2.28. The number of aliphatic hydroxyl groups is 1. The summed E-state index contributed by atoms with van der Waals surface area (Å²) >= 11 is 1.71. The van der Waals surface area contributed by atoms with E-state index in [1.807, 2.05) is 6.07 Å². The summed E-state index contributed by atoms with van der Waals surface area (Å²) in [5.74, 6) is 0. The maximum atomic E-state index is 10.0.